The SMILES string of the molecule is COc1ccccc1NC(=O)c1c(-c2ccccc2)n(C)oc1=O. The summed E-state index contributed by atoms with van der Waals surface area (Å²) in [4.78, 5) is 24.8. The smallest absolute Gasteiger partial charge is 0.370 e. The summed E-state index contributed by atoms with van der Waals surface area (Å²) in [5.74, 6) is -0.0415. The van der Waals surface area contributed by atoms with Crippen LogP contribution in [0.4, 0.5) is 5.69 Å². The Hall–Kier alpha value is -3.28. The van der Waals surface area contributed by atoms with E-state index in [1.807, 2.05) is 30.3 Å². The van der Waals surface area contributed by atoms with E-state index in [9.17, 15) is 9.59 Å². The standard InChI is InChI=1S/C18H16N2O4/c1-20-16(12-8-4-3-5-9-12)15(18(22)24-20)17(21)19-13-10-6-7-11-14(13)23-2/h3-11H,1-2H3,(H,19,21). The van der Waals surface area contributed by atoms with Crippen LogP contribution in [0.3, 0.4) is 0 Å². The Kier molecular flexibility index (Phi) is 4.20. The fourth-order valence-corrected chi connectivity index (χ4v) is 2.52. The highest BCUT2D eigenvalue weighted by Crippen LogP contribution is 2.26. The molecule has 0 saturated carbocycles. The summed E-state index contributed by atoms with van der Waals surface area (Å²) in [5, 5.41) is 2.70. The number of rotatable bonds is 4. The number of benzene rings is 2. The molecule has 122 valence electrons. The van der Waals surface area contributed by atoms with Crippen LogP contribution in [0.2, 0.25) is 0 Å². The number of carbonyl (C=O) groups is 1. The van der Waals surface area contributed by atoms with Gasteiger partial charge in [-0.2, -0.15) is 0 Å². The number of amides is 1. The molecule has 0 radical (unpaired) electrons. The van der Waals surface area contributed by atoms with Crippen molar-refractivity contribution in [2.75, 3.05) is 12.4 Å². The summed E-state index contributed by atoms with van der Waals surface area (Å²) in [6, 6.07) is 16.1. The summed E-state index contributed by atoms with van der Waals surface area (Å²) in [6.45, 7) is 0. The first kappa shape index (κ1) is 15.6. The van der Waals surface area contributed by atoms with Crippen molar-refractivity contribution in [1.29, 1.82) is 0 Å². The zero-order valence-electron chi connectivity index (χ0n) is 13.3. The van der Waals surface area contributed by atoms with Gasteiger partial charge >= 0.3 is 5.63 Å². The third-order valence-electron chi connectivity index (χ3n) is 3.61. The molecule has 0 atom stereocenters. The molecule has 0 fully saturated rings. The number of aryl methyl sites for hydroxylation is 1. The van der Waals surface area contributed by atoms with E-state index in [1.54, 1.807) is 31.3 Å². The molecule has 6 heteroatoms. The lowest BCUT2D eigenvalue weighted by atomic mass is 10.1. The molecular formula is C18H16N2O4. The van der Waals surface area contributed by atoms with Crippen molar-refractivity contribution in [3.05, 3.63) is 70.6 Å². The van der Waals surface area contributed by atoms with Gasteiger partial charge in [0.1, 0.15) is 11.4 Å². The van der Waals surface area contributed by atoms with Crippen LogP contribution in [0.5, 0.6) is 5.75 Å². The molecule has 1 N–H and O–H groups in total. The maximum atomic E-state index is 12.7. The molecule has 3 rings (SSSR count). The Morgan fingerprint density at radius 3 is 2.46 bits per heavy atom. The van der Waals surface area contributed by atoms with Gasteiger partial charge in [-0.05, 0) is 12.1 Å². The van der Waals surface area contributed by atoms with E-state index in [0.29, 0.717) is 17.1 Å². The zero-order chi connectivity index (χ0) is 17.1. The molecule has 0 bridgehead atoms. The number of para-hydroxylation sites is 2. The molecule has 3 aromatic rings. The zero-order valence-corrected chi connectivity index (χ0v) is 13.3. The maximum Gasteiger partial charge on any atom is 0.370 e. The highest BCUT2D eigenvalue weighted by atomic mass is 16.5. The lowest BCUT2D eigenvalue weighted by Gasteiger charge is -2.09. The van der Waals surface area contributed by atoms with Crippen LogP contribution in [0, 0.1) is 0 Å². The highest BCUT2D eigenvalue weighted by molar-refractivity contribution is 6.08. The summed E-state index contributed by atoms with van der Waals surface area (Å²) < 4.78 is 11.6. The number of nitrogens with one attached hydrogen (secondary N) is 1. The average molecular weight is 324 g/mol. The molecule has 6 nitrogen and oxygen atoms in total. The third-order valence-corrected chi connectivity index (χ3v) is 3.61. The molecule has 0 aliphatic carbocycles. The number of nitrogens with zero attached hydrogens (tertiary/aromatic N) is 1. The van der Waals surface area contributed by atoms with Gasteiger partial charge in [0.05, 0.1) is 12.8 Å². The van der Waals surface area contributed by atoms with Crippen LogP contribution >= 0.6 is 0 Å². The van der Waals surface area contributed by atoms with Crippen LogP contribution in [-0.2, 0) is 7.05 Å². The van der Waals surface area contributed by atoms with Crippen molar-refractivity contribution in [2.24, 2.45) is 7.05 Å². The van der Waals surface area contributed by atoms with E-state index in [2.05, 4.69) is 5.32 Å². The molecule has 0 saturated heterocycles. The van der Waals surface area contributed by atoms with Crippen LogP contribution in [0.25, 0.3) is 11.3 Å². The second-order valence-corrected chi connectivity index (χ2v) is 5.12. The molecule has 1 amide bonds. The van der Waals surface area contributed by atoms with Crippen LogP contribution in [0.15, 0.2) is 63.9 Å². The van der Waals surface area contributed by atoms with Crippen molar-refractivity contribution >= 4 is 11.6 Å². The third kappa shape index (κ3) is 2.81. The van der Waals surface area contributed by atoms with Gasteiger partial charge in [-0.1, -0.05) is 42.5 Å². The van der Waals surface area contributed by atoms with Gasteiger partial charge in [0.2, 0.25) is 0 Å². The van der Waals surface area contributed by atoms with E-state index >= 15 is 0 Å². The van der Waals surface area contributed by atoms with Gasteiger partial charge < -0.3 is 14.6 Å². The fraction of sp³-hybridized carbons (Fsp3) is 0.111. The van der Waals surface area contributed by atoms with Gasteiger partial charge in [-0.15, -0.1) is 0 Å². The van der Waals surface area contributed by atoms with Crippen molar-refractivity contribution in [2.45, 2.75) is 0 Å². The predicted octanol–water partition coefficient (Wildman–Crippen LogP) is 2.91. The predicted molar refractivity (Wildman–Crippen MR) is 90.3 cm³/mol. The summed E-state index contributed by atoms with van der Waals surface area (Å²) >= 11 is 0. The van der Waals surface area contributed by atoms with Crippen LogP contribution < -0.4 is 15.7 Å². The maximum absolute atomic E-state index is 12.7. The van der Waals surface area contributed by atoms with Gasteiger partial charge in [0.25, 0.3) is 5.91 Å². The number of aromatic nitrogens is 1. The van der Waals surface area contributed by atoms with Crippen LogP contribution in [0.1, 0.15) is 10.4 Å². The molecule has 2 aromatic carbocycles. The Balaban J connectivity index is 2.04. The first-order valence-electron chi connectivity index (χ1n) is 7.32. The first-order chi connectivity index (χ1) is 11.6. The van der Waals surface area contributed by atoms with Gasteiger partial charge in [-0.25, -0.2) is 9.53 Å². The number of anilines is 1. The molecule has 0 aliphatic heterocycles. The van der Waals surface area contributed by atoms with Crippen molar-refractivity contribution in [3.8, 4) is 17.0 Å². The second kappa shape index (κ2) is 6.45. The monoisotopic (exact) mass is 324 g/mol. The minimum absolute atomic E-state index is 0.0467. The Morgan fingerprint density at radius 1 is 1.08 bits per heavy atom. The number of ether oxygens (including phenoxy) is 1. The quantitative estimate of drug-likeness (QED) is 0.801. The Morgan fingerprint density at radius 2 is 1.75 bits per heavy atom. The molecule has 0 aliphatic rings. The van der Waals surface area contributed by atoms with Crippen molar-refractivity contribution in [1.82, 2.24) is 4.74 Å². The van der Waals surface area contributed by atoms with E-state index in [4.69, 9.17) is 9.26 Å². The summed E-state index contributed by atoms with van der Waals surface area (Å²) in [6.07, 6.45) is 0. The minimum Gasteiger partial charge on any atom is -0.495 e. The molecule has 1 heterocycles. The first-order valence-corrected chi connectivity index (χ1v) is 7.32. The van der Waals surface area contributed by atoms with Gasteiger partial charge in [-0.3, -0.25) is 4.79 Å². The van der Waals surface area contributed by atoms with Gasteiger partial charge in [0.15, 0.2) is 5.56 Å². The van der Waals surface area contributed by atoms with E-state index in [-0.39, 0.29) is 5.56 Å². The Bertz CT molecular complexity index is 926. The van der Waals surface area contributed by atoms with Crippen molar-refractivity contribution < 1.29 is 14.1 Å². The average Bonchev–Trinajstić information content (AvgIpc) is 2.90. The Labute approximate surface area is 138 Å². The number of hydrogen-bond donors (Lipinski definition) is 1. The second-order valence-electron chi connectivity index (χ2n) is 5.12. The highest BCUT2D eigenvalue weighted by Gasteiger charge is 2.24. The van der Waals surface area contributed by atoms with E-state index in [1.165, 1.54) is 11.8 Å². The van der Waals surface area contributed by atoms with Crippen molar-refractivity contribution in [3.63, 3.8) is 0 Å². The van der Waals surface area contributed by atoms with Crippen LogP contribution in [-0.4, -0.2) is 17.8 Å². The lowest BCUT2D eigenvalue weighted by molar-refractivity contribution is 0.102. The fourth-order valence-electron chi connectivity index (χ4n) is 2.52. The lowest BCUT2D eigenvalue weighted by Crippen LogP contribution is -2.19. The topological polar surface area (TPSA) is 73.5 Å². The number of hydrogen-bond acceptors (Lipinski definition) is 4. The summed E-state index contributed by atoms with van der Waals surface area (Å²) in [7, 11) is 3.10. The molecular weight excluding hydrogens is 308 g/mol. The summed E-state index contributed by atoms with van der Waals surface area (Å²) in [5.41, 5.74) is 0.884. The largest absolute Gasteiger partial charge is 0.495 e. The van der Waals surface area contributed by atoms with Gasteiger partial charge in [0, 0.05) is 12.6 Å². The number of carbonyl (C=O) groups excluding carboxylic acids is 1. The molecule has 1 aromatic heterocycles. The molecule has 24 heavy (non-hydrogen) atoms. The minimum atomic E-state index is -0.691. The van der Waals surface area contributed by atoms with E-state index < -0.39 is 11.5 Å². The van der Waals surface area contributed by atoms with E-state index in [0.717, 1.165) is 5.56 Å². The normalized spacial score (nSPS) is 10.4. The molecule has 0 spiro atoms. The molecule has 0 unspecified atom stereocenters. The number of methoxy groups -OCH3 is 1.